The van der Waals surface area contributed by atoms with Gasteiger partial charge in [0.25, 0.3) is 5.56 Å². The molecule has 3 aromatic rings. The minimum absolute atomic E-state index is 0.0628. The second kappa shape index (κ2) is 8.99. The fourth-order valence-corrected chi connectivity index (χ4v) is 3.83. The van der Waals surface area contributed by atoms with Gasteiger partial charge in [-0.1, -0.05) is 29.3 Å². The summed E-state index contributed by atoms with van der Waals surface area (Å²) < 4.78 is 38.9. The van der Waals surface area contributed by atoms with Gasteiger partial charge in [0.15, 0.2) is 0 Å². The first kappa shape index (κ1) is 23.6. The second-order valence-electron chi connectivity index (χ2n) is 7.30. The van der Waals surface area contributed by atoms with E-state index in [1.165, 1.54) is 12.1 Å². The van der Waals surface area contributed by atoms with Crippen molar-refractivity contribution in [1.29, 1.82) is 0 Å². The molecule has 0 saturated heterocycles. The number of alkyl halides is 3. The van der Waals surface area contributed by atoms with Crippen molar-refractivity contribution in [3.63, 3.8) is 0 Å². The maximum Gasteiger partial charge on any atom is 0.416 e. The van der Waals surface area contributed by atoms with Crippen LogP contribution in [0.3, 0.4) is 0 Å². The minimum Gasteiger partial charge on any atom is -0.326 e. The molecular formula is C21H14Cl2F3N5O3. The monoisotopic (exact) mass is 511 g/mol. The Bertz CT molecular complexity index is 1360. The summed E-state index contributed by atoms with van der Waals surface area (Å²) in [4.78, 5) is 44.5. The summed E-state index contributed by atoms with van der Waals surface area (Å²) in [5.41, 5.74) is -1.57. The van der Waals surface area contributed by atoms with E-state index in [-0.39, 0.29) is 28.0 Å². The van der Waals surface area contributed by atoms with Crippen LogP contribution in [-0.2, 0) is 15.8 Å². The number of rotatable bonds is 4. The van der Waals surface area contributed by atoms with E-state index < -0.39 is 41.5 Å². The van der Waals surface area contributed by atoms with Crippen LogP contribution in [0.25, 0.3) is 0 Å². The van der Waals surface area contributed by atoms with Gasteiger partial charge in [-0.05, 0) is 36.4 Å². The van der Waals surface area contributed by atoms with Crippen LogP contribution in [0.4, 0.5) is 36.3 Å². The molecule has 2 heterocycles. The topological polar surface area (TPSA) is 116 Å². The first-order valence-corrected chi connectivity index (χ1v) is 10.4. The SMILES string of the molecule is O=C1CC(C(=O)Nc2cccc(C(F)(F)F)c2)c2c(nc(Nc3ccc(Cl)cc3Cl)[nH]c2=O)N1. The number of amides is 2. The van der Waals surface area contributed by atoms with E-state index in [2.05, 4.69) is 25.9 Å². The molecule has 0 fully saturated rings. The zero-order valence-electron chi connectivity index (χ0n) is 16.9. The van der Waals surface area contributed by atoms with E-state index in [0.717, 1.165) is 18.2 Å². The van der Waals surface area contributed by atoms with Gasteiger partial charge in [0, 0.05) is 17.1 Å². The van der Waals surface area contributed by atoms with Crippen molar-refractivity contribution in [3.8, 4) is 0 Å². The molecule has 1 aliphatic heterocycles. The van der Waals surface area contributed by atoms with Gasteiger partial charge in [-0.25, -0.2) is 0 Å². The lowest BCUT2D eigenvalue weighted by Gasteiger charge is -2.24. The summed E-state index contributed by atoms with van der Waals surface area (Å²) in [6.45, 7) is 0. The highest BCUT2D eigenvalue weighted by atomic mass is 35.5. The third-order valence-electron chi connectivity index (χ3n) is 4.91. The Hall–Kier alpha value is -3.57. The van der Waals surface area contributed by atoms with Crippen LogP contribution in [0, 0.1) is 0 Å². The van der Waals surface area contributed by atoms with Crippen molar-refractivity contribution in [2.24, 2.45) is 0 Å². The Balaban J connectivity index is 1.63. The van der Waals surface area contributed by atoms with Gasteiger partial charge in [-0.2, -0.15) is 18.2 Å². The number of aromatic amines is 1. The zero-order valence-corrected chi connectivity index (χ0v) is 18.4. The van der Waals surface area contributed by atoms with Gasteiger partial charge in [-0.3, -0.25) is 19.4 Å². The number of nitrogens with zero attached hydrogens (tertiary/aromatic N) is 1. The molecule has 2 aromatic carbocycles. The molecule has 1 atom stereocenters. The molecule has 0 spiro atoms. The number of hydrogen-bond donors (Lipinski definition) is 4. The third-order valence-corrected chi connectivity index (χ3v) is 5.46. The number of hydrogen-bond acceptors (Lipinski definition) is 5. The molecule has 0 radical (unpaired) electrons. The third kappa shape index (κ3) is 5.00. The lowest BCUT2D eigenvalue weighted by molar-refractivity contribution is -0.137. The number of anilines is 4. The van der Waals surface area contributed by atoms with Gasteiger partial charge in [-0.15, -0.1) is 0 Å². The molecule has 8 nitrogen and oxygen atoms in total. The standard InChI is InChI=1S/C21H14Cl2F3N5O3/c22-10-4-5-14(13(23)7-10)28-20-30-17-16(19(34)31-20)12(8-15(32)29-17)18(33)27-11-3-1-2-9(6-11)21(24,25)26/h1-7,12H,8H2,(H,27,33)(H3,28,29,30,31,32,34). The minimum atomic E-state index is -4.60. The predicted octanol–water partition coefficient (Wildman–Crippen LogP) is 4.90. The van der Waals surface area contributed by atoms with E-state index in [1.807, 2.05) is 0 Å². The van der Waals surface area contributed by atoms with Crippen LogP contribution in [0.1, 0.15) is 23.5 Å². The van der Waals surface area contributed by atoms with Crippen molar-refractivity contribution < 1.29 is 22.8 Å². The molecule has 176 valence electrons. The predicted molar refractivity (Wildman–Crippen MR) is 121 cm³/mol. The second-order valence-corrected chi connectivity index (χ2v) is 8.14. The van der Waals surface area contributed by atoms with Gasteiger partial charge in [0.05, 0.1) is 27.8 Å². The van der Waals surface area contributed by atoms with Crippen LogP contribution >= 0.6 is 23.2 Å². The molecule has 1 aromatic heterocycles. The molecule has 4 N–H and O–H groups in total. The van der Waals surface area contributed by atoms with E-state index in [0.29, 0.717) is 10.7 Å². The fraction of sp³-hybridized carbons (Fsp3) is 0.143. The highest BCUT2D eigenvalue weighted by Gasteiger charge is 2.35. The molecule has 2 amide bonds. The van der Waals surface area contributed by atoms with Crippen LogP contribution in [0.15, 0.2) is 47.3 Å². The highest BCUT2D eigenvalue weighted by Crippen LogP contribution is 2.33. The maximum atomic E-state index is 13.0. The van der Waals surface area contributed by atoms with E-state index in [9.17, 15) is 27.6 Å². The molecule has 1 unspecified atom stereocenters. The summed E-state index contributed by atoms with van der Waals surface area (Å²) in [5, 5.41) is 8.20. The molecule has 34 heavy (non-hydrogen) atoms. The number of carbonyl (C=O) groups excluding carboxylic acids is 2. The summed E-state index contributed by atoms with van der Waals surface area (Å²) in [6.07, 6.45) is -4.99. The average molecular weight is 512 g/mol. The fourth-order valence-electron chi connectivity index (χ4n) is 3.38. The Kier molecular flexibility index (Phi) is 6.24. The Morgan fingerprint density at radius 2 is 1.88 bits per heavy atom. The number of nitrogens with one attached hydrogen (secondary N) is 4. The van der Waals surface area contributed by atoms with Crippen LogP contribution in [-0.4, -0.2) is 21.8 Å². The van der Waals surface area contributed by atoms with Crippen LogP contribution in [0.2, 0.25) is 10.0 Å². The number of halogens is 5. The van der Waals surface area contributed by atoms with Crippen LogP contribution in [0.5, 0.6) is 0 Å². The quantitative estimate of drug-likeness (QED) is 0.397. The molecule has 0 saturated carbocycles. The molecule has 13 heteroatoms. The number of fused-ring (bicyclic) bond motifs is 1. The maximum absolute atomic E-state index is 13.0. The molecule has 1 aliphatic rings. The first-order chi connectivity index (χ1) is 16.0. The lowest BCUT2D eigenvalue weighted by Crippen LogP contribution is -2.36. The molecule has 0 aliphatic carbocycles. The molecule has 0 bridgehead atoms. The van der Waals surface area contributed by atoms with Crippen molar-refractivity contribution in [1.82, 2.24) is 9.97 Å². The Morgan fingerprint density at radius 3 is 2.59 bits per heavy atom. The van der Waals surface area contributed by atoms with E-state index in [1.54, 1.807) is 12.1 Å². The summed E-state index contributed by atoms with van der Waals surface area (Å²) in [7, 11) is 0. The van der Waals surface area contributed by atoms with Crippen molar-refractivity contribution >= 4 is 58.2 Å². The van der Waals surface area contributed by atoms with Crippen molar-refractivity contribution in [3.05, 3.63) is 74.0 Å². The van der Waals surface area contributed by atoms with Gasteiger partial charge in [0.2, 0.25) is 17.8 Å². The number of benzene rings is 2. The molecule has 4 rings (SSSR count). The number of aromatic nitrogens is 2. The lowest BCUT2D eigenvalue weighted by atomic mass is 9.92. The van der Waals surface area contributed by atoms with Crippen LogP contribution < -0.4 is 21.5 Å². The van der Waals surface area contributed by atoms with Gasteiger partial charge < -0.3 is 16.0 Å². The Labute approximate surface area is 199 Å². The van der Waals surface area contributed by atoms with Gasteiger partial charge >= 0.3 is 6.18 Å². The normalized spacial score (nSPS) is 15.3. The summed E-state index contributed by atoms with van der Waals surface area (Å²) in [5.74, 6) is -2.92. The Morgan fingerprint density at radius 1 is 1.12 bits per heavy atom. The zero-order chi connectivity index (χ0) is 24.6. The van der Waals surface area contributed by atoms with Crippen molar-refractivity contribution in [2.75, 3.05) is 16.0 Å². The smallest absolute Gasteiger partial charge is 0.326 e. The number of H-pyrrole nitrogens is 1. The average Bonchev–Trinajstić information content (AvgIpc) is 2.74. The summed E-state index contributed by atoms with van der Waals surface area (Å²) in [6, 6.07) is 8.59. The largest absolute Gasteiger partial charge is 0.416 e. The van der Waals surface area contributed by atoms with E-state index in [4.69, 9.17) is 23.2 Å². The van der Waals surface area contributed by atoms with Crippen molar-refractivity contribution in [2.45, 2.75) is 18.5 Å². The van der Waals surface area contributed by atoms with E-state index >= 15 is 0 Å². The molecular weight excluding hydrogens is 498 g/mol. The number of carbonyl (C=O) groups is 2. The first-order valence-electron chi connectivity index (χ1n) is 9.65. The summed E-state index contributed by atoms with van der Waals surface area (Å²) >= 11 is 12.0. The highest BCUT2D eigenvalue weighted by molar-refractivity contribution is 6.36. The van der Waals surface area contributed by atoms with Gasteiger partial charge in [0.1, 0.15) is 5.82 Å².